The Labute approximate surface area is 177 Å². The van der Waals surface area contributed by atoms with Crippen LogP contribution in [0, 0.1) is 6.92 Å². The van der Waals surface area contributed by atoms with Crippen molar-refractivity contribution in [2.45, 2.75) is 19.4 Å². The van der Waals surface area contributed by atoms with E-state index in [1.165, 1.54) is 0 Å². The van der Waals surface area contributed by atoms with Crippen LogP contribution in [0.5, 0.6) is 17.4 Å². The smallest absolute Gasteiger partial charge is 0.335 e. The number of ether oxygens (including phenoxy) is 2. The first-order chi connectivity index (χ1) is 14.9. The zero-order chi connectivity index (χ0) is 22.1. The lowest BCUT2D eigenvalue weighted by molar-refractivity contribution is 0.386. The summed E-state index contributed by atoms with van der Waals surface area (Å²) in [5.41, 5.74) is 3.92. The average Bonchev–Trinajstić information content (AvgIpc) is 3.23. The molecule has 9 heteroatoms. The van der Waals surface area contributed by atoms with E-state index < -0.39 is 17.1 Å². The predicted molar refractivity (Wildman–Crippen MR) is 116 cm³/mol. The van der Waals surface area contributed by atoms with Gasteiger partial charge in [0, 0.05) is 18.1 Å². The highest BCUT2D eigenvalue weighted by Crippen LogP contribution is 2.34. The number of hydrogen-bond acceptors (Lipinski definition) is 7. The Morgan fingerprint density at radius 1 is 1.13 bits per heavy atom. The van der Waals surface area contributed by atoms with Gasteiger partial charge in [0.25, 0.3) is 5.56 Å². The van der Waals surface area contributed by atoms with Gasteiger partial charge in [0.1, 0.15) is 17.1 Å². The molecule has 0 radical (unpaired) electrons. The Kier molecular flexibility index (Phi) is 5.24. The second-order valence-corrected chi connectivity index (χ2v) is 7.13. The summed E-state index contributed by atoms with van der Waals surface area (Å²) in [7, 11) is 3.13. The van der Waals surface area contributed by atoms with Crippen molar-refractivity contribution in [1.29, 1.82) is 0 Å². The largest absolute Gasteiger partial charge is 0.497 e. The molecule has 0 unspecified atom stereocenters. The van der Waals surface area contributed by atoms with Crippen molar-refractivity contribution in [1.82, 2.24) is 15.0 Å². The number of aryl methyl sites for hydroxylation is 1. The fourth-order valence-electron chi connectivity index (χ4n) is 3.71. The van der Waals surface area contributed by atoms with Gasteiger partial charge in [0.2, 0.25) is 5.88 Å². The van der Waals surface area contributed by atoms with Crippen molar-refractivity contribution in [2.75, 3.05) is 14.2 Å². The molecule has 0 fully saturated rings. The van der Waals surface area contributed by atoms with Gasteiger partial charge in [-0.05, 0) is 30.7 Å². The number of para-hydroxylation sites is 1. The van der Waals surface area contributed by atoms with Crippen molar-refractivity contribution >= 4 is 5.71 Å². The lowest BCUT2D eigenvalue weighted by Gasteiger charge is -2.16. The van der Waals surface area contributed by atoms with Crippen LogP contribution in [0.1, 0.15) is 29.2 Å². The lowest BCUT2D eigenvalue weighted by Crippen LogP contribution is -2.33. The maximum Gasteiger partial charge on any atom is 0.335 e. The third-order valence-electron chi connectivity index (χ3n) is 5.30. The SMILES string of the molecule is COc1ccc([C@H]2CC(c3c(O)n(-c4ccccc4C)c(=O)[nH]c3=O)=NN2)c(OC)c1. The molecule has 31 heavy (non-hydrogen) atoms. The highest BCUT2D eigenvalue weighted by atomic mass is 16.5. The number of H-pyrrole nitrogens is 1. The maximum atomic E-state index is 12.6. The van der Waals surface area contributed by atoms with Crippen LogP contribution in [0.4, 0.5) is 0 Å². The second-order valence-electron chi connectivity index (χ2n) is 7.13. The molecule has 0 saturated carbocycles. The normalized spacial score (nSPS) is 15.3. The van der Waals surface area contributed by atoms with E-state index >= 15 is 0 Å². The molecule has 2 aromatic carbocycles. The van der Waals surface area contributed by atoms with Crippen LogP contribution in [-0.2, 0) is 0 Å². The third kappa shape index (κ3) is 3.54. The third-order valence-corrected chi connectivity index (χ3v) is 5.30. The number of nitrogens with one attached hydrogen (secondary N) is 2. The number of methoxy groups -OCH3 is 2. The predicted octanol–water partition coefficient (Wildman–Crippen LogP) is 2.00. The molecular weight excluding hydrogens is 400 g/mol. The Hall–Kier alpha value is -4.01. The van der Waals surface area contributed by atoms with Gasteiger partial charge in [-0.1, -0.05) is 18.2 Å². The molecule has 0 aliphatic carbocycles. The highest BCUT2D eigenvalue weighted by molar-refractivity contribution is 6.03. The number of nitrogens with zero attached hydrogens (tertiary/aromatic N) is 2. The molecule has 0 amide bonds. The number of aromatic amines is 1. The molecule has 3 aromatic rings. The molecule has 3 N–H and O–H groups in total. The second kappa shape index (κ2) is 8.02. The van der Waals surface area contributed by atoms with Gasteiger partial charge in [-0.15, -0.1) is 0 Å². The van der Waals surface area contributed by atoms with Crippen molar-refractivity contribution in [3.63, 3.8) is 0 Å². The number of aromatic nitrogens is 2. The van der Waals surface area contributed by atoms with Crippen LogP contribution in [0.25, 0.3) is 5.69 Å². The molecule has 4 rings (SSSR count). The Morgan fingerprint density at radius 2 is 1.90 bits per heavy atom. The van der Waals surface area contributed by atoms with Crippen molar-refractivity contribution in [2.24, 2.45) is 5.10 Å². The number of hydrazone groups is 1. The molecule has 2 heterocycles. The molecule has 1 atom stereocenters. The van der Waals surface area contributed by atoms with Crippen LogP contribution in [0.2, 0.25) is 0 Å². The van der Waals surface area contributed by atoms with Crippen molar-refractivity contribution in [3.05, 3.63) is 80.0 Å². The van der Waals surface area contributed by atoms with Gasteiger partial charge in [-0.2, -0.15) is 5.10 Å². The fraction of sp³-hybridized carbons (Fsp3) is 0.227. The van der Waals surface area contributed by atoms with Gasteiger partial charge >= 0.3 is 5.69 Å². The van der Waals surface area contributed by atoms with E-state index in [0.717, 1.165) is 15.7 Å². The van der Waals surface area contributed by atoms with Crippen LogP contribution in [0.3, 0.4) is 0 Å². The summed E-state index contributed by atoms with van der Waals surface area (Å²) in [5, 5.41) is 15.2. The Bertz CT molecular complexity index is 1290. The number of rotatable bonds is 5. The summed E-state index contributed by atoms with van der Waals surface area (Å²) in [5.74, 6) is 0.807. The van der Waals surface area contributed by atoms with Crippen LogP contribution < -0.4 is 26.1 Å². The van der Waals surface area contributed by atoms with Gasteiger partial charge in [-0.3, -0.25) is 9.78 Å². The first kappa shape index (κ1) is 20.3. The zero-order valence-corrected chi connectivity index (χ0v) is 17.3. The molecule has 1 aliphatic rings. The first-order valence-electron chi connectivity index (χ1n) is 9.63. The van der Waals surface area contributed by atoms with E-state index in [0.29, 0.717) is 29.3 Å². The van der Waals surface area contributed by atoms with E-state index in [1.54, 1.807) is 38.5 Å². The number of benzene rings is 2. The van der Waals surface area contributed by atoms with Gasteiger partial charge < -0.3 is 20.0 Å². The Morgan fingerprint density at radius 3 is 2.61 bits per heavy atom. The Balaban J connectivity index is 1.74. The summed E-state index contributed by atoms with van der Waals surface area (Å²) >= 11 is 0. The minimum absolute atomic E-state index is 0.0506. The topological polar surface area (TPSA) is 118 Å². The van der Waals surface area contributed by atoms with E-state index in [4.69, 9.17) is 9.47 Å². The zero-order valence-electron chi connectivity index (χ0n) is 17.3. The molecule has 0 bridgehead atoms. The minimum Gasteiger partial charge on any atom is -0.497 e. The molecular formula is C22H22N4O5. The summed E-state index contributed by atoms with van der Waals surface area (Å²) in [6.45, 7) is 1.81. The van der Waals surface area contributed by atoms with Gasteiger partial charge in [0.05, 0.1) is 31.7 Å². The van der Waals surface area contributed by atoms with Gasteiger partial charge in [-0.25, -0.2) is 9.36 Å². The maximum absolute atomic E-state index is 12.6. The molecule has 0 spiro atoms. The minimum atomic E-state index is -0.722. The van der Waals surface area contributed by atoms with E-state index in [-0.39, 0.29) is 11.6 Å². The molecule has 160 valence electrons. The highest BCUT2D eigenvalue weighted by Gasteiger charge is 2.29. The average molecular weight is 422 g/mol. The lowest BCUT2D eigenvalue weighted by atomic mass is 9.99. The summed E-state index contributed by atoms with van der Waals surface area (Å²) in [4.78, 5) is 27.3. The summed E-state index contributed by atoms with van der Waals surface area (Å²) in [6, 6.07) is 12.2. The molecule has 9 nitrogen and oxygen atoms in total. The number of hydrogen-bond donors (Lipinski definition) is 3. The van der Waals surface area contributed by atoms with E-state index in [1.807, 2.05) is 25.1 Å². The summed E-state index contributed by atoms with van der Waals surface area (Å²) in [6.07, 6.45) is 0.311. The van der Waals surface area contributed by atoms with Crippen LogP contribution in [0.15, 0.2) is 57.2 Å². The quantitative estimate of drug-likeness (QED) is 0.579. The van der Waals surface area contributed by atoms with Crippen molar-refractivity contribution in [3.8, 4) is 23.1 Å². The standard InChI is InChI=1S/C22H22N4O5/c1-12-6-4-5-7-17(12)26-21(28)19(20(27)23-22(26)29)16-11-15(24-25-16)14-9-8-13(30-2)10-18(14)31-3/h4-10,15,24,28H,11H2,1-3H3,(H,23,27,29)/t15-/m1/s1. The molecule has 0 saturated heterocycles. The van der Waals surface area contributed by atoms with Crippen molar-refractivity contribution < 1.29 is 14.6 Å². The van der Waals surface area contributed by atoms with Crippen LogP contribution in [-0.4, -0.2) is 34.6 Å². The molecule has 1 aliphatic heterocycles. The monoisotopic (exact) mass is 422 g/mol. The number of aromatic hydroxyl groups is 1. The fourth-order valence-corrected chi connectivity index (χ4v) is 3.71. The molecule has 1 aromatic heterocycles. The van der Waals surface area contributed by atoms with E-state index in [9.17, 15) is 14.7 Å². The van der Waals surface area contributed by atoms with Crippen LogP contribution >= 0.6 is 0 Å². The first-order valence-corrected chi connectivity index (χ1v) is 9.63. The van der Waals surface area contributed by atoms with E-state index in [2.05, 4.69) is 15.5 Å². The van der Waals surface area contributed by atoms with Gasteiger partial charge in [0.15, 0.2) is 0 Å². The summed E-state index contributed by atoms with van der Waals surface area (Å²) < 4.78 is 11.8.